The van der Waals surface area contributed by atoms with Crippen molar-refractivity contribution in [2.45, 2.75) is 24.3 Å². The van der Waals surface area contributed by atoms with Crippen LogP contribution in [0.3, 0.4) is 0 Å². The predicted octanol–water partition coefficient (Wildman–Crippen LogP) is 1.66. The van der Waals surface area contributed by atoms with Gasteiger partial charge in [-0.3, -0.25) is 4.79 Å². The van der Waals surface area contributed by atoms with E-state index in [0.717, 1.165) is 0 Å². The van der Waals surface area contributed by atoms with Gasteiger partial charge in [0, 0.05) is 16.9 Å². The van der Waals surface area contributed by atoms with Crippen LogP contribution in [0.1, 0.15) is 24.2 Å². The summed E-state index contributed by atoms with van der Waals surface area (Å²) in [5.41, 5.74) is 0.891. The van der Waals surface area contributed by atoms with Gasteiger partial charge in [-0.2, -0.15) is 0 Å². The van der Waals surface area contributed by atoms with E-state index in [0.29, 0.717) is 16.0 Å². The fourth-order valence-electron chi connectivity index (χ4n) is 1.62. The summed E-state index contributed by atoms with van der Waals surface area (Å²) in [4.78, 5) is 22.7. The zero-order chi connectivity index (χ0) is 13.0. The summed E-state index contributed by atoms with van der Waals surface area (Å²) in [6.45, 7) is 1.43. The Kier molecular flexibility index (Phi) is 4.72. The smallest absolute Gasteiger partial charge is 0.337 e. The van der Waals surface area contributed by atoms with Crippen molar-refractivity contribution in [1.82, 2.24) is 0 Å². The summed E-state index contributed by atoms with van der Waals surface area (Å²) in [5, 5.41) is 18.5. The molecule has 0 bridgehead atoms. The molecule has 0 saturated carbocycles. The van der Waals surface area contributed by atoms with Crippen molar-refractivity contribution in [3.63, 3.8) is 0 Å². The molecule has 0 spiro atoms. The molecule has 0 aliphatic heterocycles. The van der Waals surface area contributed by atoms with Crippen molar-refractivity contribution in [3.05, 3.63) is 29.3 Å². The molecule has 0 amide bonds. The van der Waals surface area contributed by atoms with Crippen LogP contribution >= 0.6 is 11.8 Å². The molecule has 1 atom stereocenters. The van der Waals surface area contributed by atoms with Crippen LogP contribution in [0.15, 0.2) is 23.1 Å². The van der Waals surface area contributed by atoms with Crippen LogP contribution in [0.2, 0.25) is 0 Å². The lowest BCUT2D eigenvalue weighted by Crippen LogP contribution is -2.15. The van der Waals surface area contributed by atoms with Crippen LogP contribution in [-0.2, 0) is 16.0 Å². The summed E-state index contributed by atoms with van der Waals surface area (Å²) in [6, 6.07) is 5.15. The Morgan fingerprint density at radius 2 is 2.06 bits per heavy atom. The lowest BCUT2D eigenvalue weighted by atomic mass is 9.98. The van der Waals surface area contributed by atoms with Gasteiger partial charge in [0.15, 0.2) is 6.10 Å². The maximum absolute atomic E-state index is 11.1. The molecule has 5 heteroatoms. The van der Waals surface area contributed by atoms with Crippen LogP contribution in [0.25, 0.3) is 0 Å². The summed E-state index contributed by atoms with van der Waals surface area (Å²) in [5.74, 6) is -1.38. The van der Waals surface area contributed by atoms with E-state index in [9.17, 15) is 14.7 Å². The quantitative estimate of drug-likeness (QED) is 0.782. The summed E-state index contributed by atoms with van der Waals surface area (Å²) >= 11 is 1.35. The molecule has 1 rings (SSSR count). The number of hydrogen-bond acceptors (Lipinski definition) is 4. The number of carboxylic acids is 1. The van der Waals surface area contributed by atoms with Gasteiger partial charge in [-0.05, 0) is 24.8 Å². The number of carboxylic acid groups (broad SMARTS) is 1. The van der Waals surface area contributed by atoms with Crippen molar-refractivity contribution < 1.29 is 19.8 Å². The molecule has 1 unspecified atom stereocenters. The Bertz CT molecular complexity index is 442. The van der Waals surface area contributed by atoms with E-state index in [1.54, 1.807) is 24.5 Å². The minimum atomic E-state index is -1.59. The first-order chi connectivity index (χ1) is 7.97. The Balaban J connectivity index is 3.29. The number of Topliss-reactive ketones (excluding diaryl/α,β-unsaturated/α-hetero) is 1. The fourth-order valence-corrected chi connectivity index (χ4v) is 2.30. The molecule has 2 N–H and O–H groups in total. The third-order valence-electron chi connectivity index (χ3n) is 2.32. The molecule has 92 valence electrons. The van der Waals surface area contributed by atoms with Crippen molar-refractivity contribution in [2.75, 3.05) is 6.26 Å². The summed E-state index contributed by atoms with van der Waals surface area (Å²) in [6.07, 6.45) is 0.340. The topological polar surface area (TPSA) is 74.6 Å². The van der Waals surface area contributed by atoms with Crippen molar-refractivity contribution in [2.24, 2.45) is 0 Å². The van der Waals surface area contributed by atoms with Gasteiger partial charge in [-0.25, -0.2) is 4.79 Å². The van der Waals surface area contributed by atoms with Crippen LogP contribution in [-0.4, -0.2) is 28.2 Å². The Morgan fingerprint density at radius 1 is 1.41 bits per heavy atom. The molecular weight excluding hydrogens is 240 g/mol. The van der Waals surface area contributed by atoms with E-state index in [2.05, 4.69) is 0 Å². The number of aliphatic hydroxyl groups is 1. The SMILES string of the molecule is CSc1cccc(CC(C)=O)c1C(O)C(=O)O. The Hall–Kier alpha value is -1.33. The summed E-state index contributed by atoms with van der Waals surface area (Å²) in [7, 11) is 0. The van der Waals surface area contributed by atoms with Gasteiger partial charge in [-0.1, -0.05) is 12.1 Å². The van der Waals surface area contributed by atoms with Crippen LogP contribution in [0.4, 0.5) is 0 Å². The van der Waals surface area contributed by atoms with E-state index < -0.39 is 12.1 Å². The summed E-state index contributed by atoms with van der Waals surface area (Å²) < 4.78 is 0. The molecule has 0 fully saturated rings. The molecule has 1 aromatic rings. The highest BCUT2D eigenvalue weighted by Crippen LogP contribution is 2.29. The molecule has 0 saturated heterocycles. The van der Waals surface area contributed by atoms with Gasteiger partial charge in [0.1, 0.15) is 5.78 Å². The minimum absolute atomic E-state index is 0.0675. The number of carbonyl (C=O) groups excluding carboxylic acids is 1. The number of aliphatic hydroxyl groups excluding tert-OH is 1. The number of rotatable bonds is 5. The third-order valence-corrected chi connectivity index (χ3v) is 3.12. The second kappa shape index (κ2) is 5.84. The highest BCUT2D eigenvalue weighted by Gasteiger charge is 2.23. The second-order valence-electron chi connectivity index (χ2n) is 3.65. The van der Waals surface area contributed by atoms with Gasteiger partial charge < -0.3 is 10.2 Å². The fraction of sp³-hybridized carbons (Fsp3) is 0.333. The van der Waals surface area contributed by atoms with Crippen LogP contribution in [0, 0.1) is 0 Å². The Labute approximate surface area is 104 Å². The molecule has 0 aliphatic carbocycles. The highest BCUT2D eigenvalue weighted by molar-refractivity contribution is 7.98. The number of aliphatic carboxylic acids is 1. The van der Waals surface area contributed by atoms with E-state index in [1.807, 2.05) is 0 Å². The molecule has 0 aliphatic rings. The first-order valence-electron chi connectivity index (χ1n) is 5.03. The number of thioether (sulfide) groups is 1. The van der Waals surface area contributed by atoms with Crippen molar-refractivity contribution in [1.29, 1.82) is 0 Å². The Morgan fingerprint density at radius 3 is 2.53 bits per heavy atom. The molecule has 0 aromatic heterocycles. The van der Waals surface area contributed by atoms with Gasteiger partial charge in [0.05, 0.1) is 0 Å². The maximum Gasteiger partial charge on any atom is 0.337 e. The first kappa shape index (κ1) is 13.7. The van der Waals surface area contributed by atoms with Crippen molar-refractivity contribution >= 4 is 23.5 Å². The van der Waals surface area contributed by atoms with E-state index in [4.69, 9.17) is 5.11 Å². The van der Waals surface area contributed by atoms with E-state index >= 15 is 0 Å². The highest BCUT2D eigenvalue weighted by atomic mass is 32.2. The zero-order valence-corrected chi connectivity index (χ0v) is 10.5. The van der Waals surface area contributed by atoms with Gasteiger partial charge in [0.2, 0.25) is 0 Å². The maximum atomic E-state index is 11.1. The van der Waals surface area contributed by atoms with Gasteiger partial charge in [-0.15, -0.1) is 11.8 Å². The molecule has 17 heavy (non-hydrogen) atoms. The first-order valence-corrected chi connectivity index (χ1v) is 6.26. The molecule has 0 heterocycles. The van der Waals surface area contributed by atoms with Gasteiger partial charge in [0.25, 0.3) is 0 Å². The third kappa shape index (κ3) is 3.31. The average Bonchev–Trinajstić information content (AvgIpc) is 2.26. The standard InChI is InChI=1S/C12H14O4S/c1-7(13)6-8-4-3-5-9(17-2)10(8)11(14)12(15)16/h3-5,11,14H,6H2,1-2H3,(H,15,16). The normalized spacial score (nSPS) is 12.2. The molecule has 4 nitrogen and oxygen atoms in total. The lowest BCUT2D eigenvalue weighted by Gasteiger charge is -2.15. The lowest BCUT2D eigenvalue weighted by molar-refractivity contribution is -0.147. The van der Waals surface area contributed by atoms with Crippen molar-refractivity contribution in [3.8, 4) is 0 Å². The number of hydrogen-bond donors (Lipinski definition) is 2. The van der Waals surface area contributed by atoms with E-state index in [1.165, 1.54) is 18.7 Å². The number of benzene rings is 1. The molecule has 1 aromatic carbocycles. The van der Waals surface area contributed by atoms with Crippen LogP contribution < -0.4 is 0 Å². The second-order valence-corrected chi connectivity index (χ2v) is 4.50. The predicted molar refractivity (Wildman–Crippen MR) is 65.2 cm³/mol. The van der Waals surface area contributed by atoms with Gasteiger partial charge >= 0.3 is 5.97 Å². The number of carbonyl (C=O) groups is 2. The zero-order valence-electron chi connectivity index (χ0n) is 9.64. The molecular formula is C12H14O4S. The molecule has 0 radical (unpaired) electrons. The minimum Gasteiger partial charge on any atom is -0.479 e. The largest absolute Gasteiger partial charge is 0.479 e. The van der Waals surface area contributed by atoms with Crippen LogP contribution in [0.5, 0.6) is 0 Å². The average molecular weight is 254 g/mol. The van der Waals surface area contributed by atoms with E-state index in [-0.39, 0.29) is 12.2 Å². The monoisotopic (exact) mass is 254 g/mol. The number of ketones is 1.